The van der Waals surface area contributed by atoms with Crippen LogP contribution in [0.4, 0.5) is 0 Å². The molecule has 0 saturated carbocycles. The molecular weight excluding hydrogens is 102 g/mol. The lowest BCUT2D eigenvalue weighted by Gasteiger charge is -1.92. The number of nitrogens with zero attached hydrogens (tertiary/aromatic N) is 1. The highest BCUT2D eigenvalue weighted by molar-refractivity contribution is 5.79. The molecule has 0 aliphatic heterocycles. The Kier molecular flexibility index (Phi) is 3.31. The van der Waals surface area contributed by atoms with Gasteiger partial charge in [-0.05, 0) is 6.20 Å². The third-order valence-corrected chi connectivity index (χ3v) is 0.480. The van der Waals surface area contributed by atoms with Crippen molar-refractivity contribution in [2.24, 2.45) is 10.7 Å². The van der Waals surface area contributed by atoms with E-state index in [1.165, 1.54) is 12.4 Å². The minimum Gasteiger partial charge on any atom is -0.369 e. The van der Waals surface area contributed by atoms with Gasteiger partial charge in [-0.15, -0.1) is 0 Å². The van der Waals surface area contributed by atoms with E-state index >= 15 is 0 Å². The molecule has 8 heavy (non-hydrogen) atoms. The Hall–Kier alpha value is -1.25. The Morgan fingerprint density at radius 1 is 1.62 bits per heavy atom. The van der Waals surface area contributed by atoms with Crippen LogP contribution in [0.2, 0.25) is 0 Å². The average Bonchev–Trinajstić information content (AvgIpc) is 1.68. The highest BCUT2D eigenvalue weighted by Crippen LogP contribution is 1.64. The van der Waals surface area contributed by atoms with Crippen LogP contribution < -0.4 is 11.1 Å². The van der Waals surface area contributed by atoms with Gasteiger partial charge >= 0.3 is 0 Å². The largest absolute Gasteiger partial charge is 0.369 e. The molecule has 3 heteroatoms. The van der Waals surface area contributed by atoms with E-state index in [9.17, 15) is 0 Å². The quantitative estimate of drug-likeness (QED) is 0.394. The first-order valence-electron chi connectivity index (χ1n) is 2.13. The van der Waals surface area contributed by atoms with E-state index in [0.29, 0.717) is 5.96 Å². The molecule has 0 heterocycles. The summed E-state index contributed by atoms with van der Waals surface area (Å²) in [6.45, 7) is 6.72. The molecule has 44 valence electrons. The van der Waals surface area contributed by atoms with Gasteiger partial charge in [0.25, 0.3) is 0 Å². The van der Waals surface area contributed by atoms with Gasteiger partial charge < -0.3 is 11.1 Å². The standard InChI is InChI=1S/C5H9N3/c1-3-7-5(6)8-4-2/h3-4H,1-2H2,(H3,6,7,8). The van der Waals surface area contributed by atoms with Crippen LogP contribution in [0.25, 0.3) is 0 Å². The van der Waals surface area contributed by atoms with Gasteiger partial charge in [-0.3, -0.25) is 0 Å². The first-order chi connectivity index (χ1) is 3.81. The number of nitrogens with two attached hydrogens (primary N) is 1. The normalized spacial score (nSPS) is 10.2. The van der Waals surface area contributed by atoms with E-state index < -0.39 is 0 Å². The maximum Gasteiger partial charge on any atom is 0.197 e. The molecular formula is C5H9N3. The smallest absolute Gasteiger partial charge is 0.197 e. The van der Waals surface area contributed by atoms with Crippen molar-refractivity contribution in [2.45, 2.75) is 0 Å². The van der Waals surface area contributed by atoms with Gasteiger partial charge in [0.15, 0.2) is 5.96 Å². The molecule has 0 amide bonds. The van der Waals surface area contributed by atoms with E-state index in [0.717, 1.165) is 0 Å². The van der Waals surface area contributed by atoms with Gasteiger partial charge in [0, 0.05) is 6.20 Å². The highest BCUT2D eigenvalue weighted by Gasteiger charge is 1.76. The number of rotatable bonds is 2. The van der Waals surface area contributed by atoms with Gasteiger partial charge in [-0.1, -0.05) is 13.2 Å². The van der Waals surface area contributed by atoms with E-state index in [-0.39, 0.29) is 0 Å². The first-order valence-corrected chi connectivity index (χ1v) is 2.13. The van der Waals surface area contributed by atoms with E-state index in [1.807, 2.05) is 0 Å². The highest BCUT2D eigenvalue weighted by atomic mass is 15.1. The van der Waals surface area contributed by atoms with Crippen molar-refractivity contribution in [1.82, 2.24) is 5.32 Å². The van der Waals surface area contributed by atoms with Crippen LogP contribution in [-0.4, -0.2) is 5.96 Å². The lowest BCUT2D eigenvalue weighted by Crippen LogP contribution is -2.25. The summed E-state index contributed by atoms with van der Waals surface area (Å²) in [6.07, 6.45) is 2.80. The summed E-state index contributed by atoms with van der Waals surface area (Å²) in [7, 11) is 0. The molecule has 3 N–H and O–H groups in total. The number of aliphatic imine (C=N–C) groups is 1. The van der Waals surface area contributed by atoms with Crippen molar-refractivity contribution in [2.75, 3.05) is 0 Å². The van der Waals surface area contributed by atoms with E-state index in [2.05, 4.69) is 23.5 Å². The summed E-state index contributed by atoms with van der Waals surface area (Å²) in [5.74, 6) is 0.301. The number of guanidine groups is 1. The van der Waals surface area contributed by atoms with Gasteiger partial charge in [-0.25, -0.2) is 4.99 Å². The second kappa shape index (κ2) is 3.92. The van der Waals surface area contributed by atoms with Crippen molar-refractivity contribution in [3.63, 3.8) is 0 Å². The predicted octanol–water partition coefficient (Wildman–Crippen LogP) is 0.178. The fourth-order valence-corrected chi connectivity index (χ4v) is 0.240. The SMILES string of the molecule is C=CN=C(N)NC=C. The fraction of sp³-hybridized carbons (Fsp3) is 0. The molecule has 0 bridgehead atoms. The van der Waals surface area contributed by atoms with Crippen molar-refractivity contribution in [3.05, 3.63) is 25.6 Å². The van der Waals surface area contributed by atoms with E-state index in [4.69, 9.17) is 5.73 Å². The molecule has 0 atom stereocenters. The van der Waals surface area contributed by atoms with Crippen LogP contribution in [0.1, 0.15) is 0 Å². The molecule has 0 saturated heterocycles. The molecule has 0 fully saturated rings. The van der Waals surface area contributed by atoms with Crippen LogP contribution in [0.15, 0.2) is 30.6 Å². The summed E-state index contributed by atoms with van der Waals surface area (Å²) in [4.78, 5) is 3.59. The zero-order chi connectivity index (χ0) is 6.41. The van der Waals surface area contributed by atoms with Gasteiger partial charge in [0.2, 0.25) is 0 Å². The van der Waals surface area contributed by atoms with Gasteiger partial charge in [-0.2, -0.15) is 0 Å². The molecule has 0 aromatic carbocycles. The third-order valence-electron chi connectivity index (χ3n) is 0.480. The molecule has 0 unspecified atom stereocenters. The Labute approximate surface area is 48.6 Å². The van der Waals surface area contributed by atoms with Crippen LogP contribution >= 0.6 is 0 Å². The molecule has 0 aliphatic carbocycles. The Morgan fingerprint density at radius 3 is 2.62 bits per heavy atom. The topological polar surface area (TPSA) is 50.4 Å². The number of hydrogen-bond acceptors (Lipinski definition) is 1. The zero-order valence-corrected chi connectivity index (χ0v) is 4.59. The summed E-state index contributed by atoms with van der Waals surface area (Å²) in [6, 6.07) is 0. The monoisotopic (exact) mass is 111 g/mol. The average molecular weight is 111 g/mol. The molecule has 0 aliphatic rings. The Bertz CT molecular complexity index is 115. The summed E-state index contributed by atoms with van der Waals surface area (Å²) >= 11 is 0. The van der Waals surface area contributed by atoms with Crippen LogP contribution in [0.5, 0.6) is 0 Å². The van der Waals surface area contributed by atoms with Crippen LogP contribution in [0.3, 0.4) is 0 Å². The molecule has 0 radical (unpaired) electrons. The first kappa shape index (κ1) is 6.75. The summed E-state index contributed by atoms with van der Waals surface area (Å²) in [5.41, 5.74) is 5.19. The molecule has 0 spiro atoms. The third kappa shape index (κ3) is 2.96. The molecule has 0 aromatic rings. The van der Waals surface area contributed by atoms with Crippen molar-refractivity contribution in [3.8, 4) is 0 Å². The Morgan fingerprint density at radius 2 is 2.25 bits per heavy atom. The number of nitrogens with one attached hydrogen (secondary N) is 1. The minimum atomic E-state index is 0.301. The zero-order valence-electron chi connectivity index (χ0n) is 4.59. The maximum absolute atomic E-state index is 5.19. The second-order valence-corrected chi connectivity index (χ2v) is 1.05. The second-order valence-electron chi connectivity index (χ2n) is 1.05. The molecule has 3 nitrogen and oxygen atoms in total. The van der Waals surface area contributed by atoms with Crippen LogP contribution in [-0.2, 0) is 0 Å². The Balaban J connectivity index is 3.60. The molecule has 0 rings (SSSR count). The van der Waals surface area contributed by atoms with Crippen LogP contribution in [0, 0.1) is 0 Å². The molecule has 0 aromatic heterocycles. The van der Waals surface area contributed by atoms with Gasteiger partial charge in [0.05, 0.1) is 0 Å². The minimum absolute atomic E-state index is 0.301. The van der Waals surface area contributed by atoms with Crippen molar-refractivity contribution < 1.29 is 0 Å². The maximum atomic E-state index is 5.19. The predicted molar refractivity (Wildman–Crippen MR) is 35.2 cm³/mol. The summed E-state index contributed by atoms with van der Waals surface area (Å²) < 4.78 is 0. The number of hydrogen-bond donors (Lipinski definition) is 2. The van der Waals surface area contributed by atoms with Crippen molar-refractivity contribution >= 4 is 5.96 Å². The fourth-order valence-electron chi connectivity index (χ4n) is 0.240. The lowest BCUT2D eigenvalue weighted by atomic mass is 10.9. The summed E-state index contributed by atoms with van der Waals surface area (Å²) in [5, 5.41) is 2.57. The van der Waals surface area contributed by atoms with Crippen molar-refractivity contribution in [1.29, 1.82) is 0 Å². The van der Waals surface area contributed by atoms with E-state index in [1.54, 1.807) is 0 Å². The van der Waals surface area contributed by atoms with Gasteiger partial charge in [0.1, 0.15) is 0 Å². The lowest BCUT2D eigenvalue weighted by molar-refractivity contribution is 1.22.